The van der Waals surface area contributed by atoms with Crippen molar-refractivity contribution in [1.29, 1.82) is 0 Å². The van der Waals surface area contributed by atoms with Crippen LogP contribution in [-0.4, -0.2) is 26.6 Å². The van der Waals surface area contributed by atoms with Crippen LogP contribution >= 0.6 is 0 Å². The molecule has 0 spiro atoms. The van der Waals surface area contributed by atoms with Gasteiger partial charge in [-0.1, -0.05) is 50.6 Å². The van der Waals surface area contributed by atoms with Gasteiger partial charge in [-0.05, 0) is 35.2 Å². The van der Waals surface area contributed by atoms with Gasteiger partial charge in [0.25, 0.3) is 0 Å². The predicted molar refractivity (Wildman–Crippen MR) is 96.2 cm³/mol. The Morgan fingerprint density at radius 1 is 1.08 bits per heavy atom. The Bertz CT molecular complexity index is 693. The lowest BCUT2D eigenvalue weighted by Gasteiger charge is -2.37. The van der Waals surface area contributed by atoms with E-state index < -0.39 is 0 Å². The molecule has 25 heavy (non-hydrogen) atoms. The van der Waals surface area contributed by atoms with Crippen molar-refractivity contribution < 1.29 is 18.6 Å². The molecule has 3 rings (SSSR count). The van der Waals surface area contributed by atoms with Crippen molar-refractivity contribution in [3.05, 3.63) is 53.8 Å². The van der Waals surface area contributed by atoms with Crippen LogP contribution in [-0.2, 0) is 15.9 Å². The van der Waals surface area contributed by atoms with E-state index >= 15 is 0 Å². The second-order valence-electron chi connectivity index (χ2n) is 7.01. The summed E-state index contributed by atoms with van der Waals surface area (Å²) >= 11 is 0. The van der Waals surface area contributed by atoms with Crippen molar-refractivity contribution in [2.45, 2.75) is 26.7 Å². The Morgan fingerprint density at radius 3 is 2.40 bits per heavy atom. The first-order chi connectivity index (χ1) is 12.1. The Morgan fingerprint density at radius 2 is 1.80 bits per heavy atom. The molecule has 3 nitrogen and oxygen atoms in total. The Hall–Kier alpha value is -1.91. The molecule has 1 aliphatic rings. The van der Waals surface area contributed by atoms with Crippen molar-refractivity contribution >= 4 is 0 Å². The predicted octanol–water partition coefficient (Wildman–Crippen LogP) is 4.83. The van der Waals surface area contributed by atoms with E-state index in [0.29, 0.717) is 19.8 Å². The highest BCUT2D eigenvalue weighted by atomic mass is 19.1. The van der Waals surface area contributed by atoms with Crippen LogP contribution < -0.4 is 4.74 Å². The lowest BCUT2D eigenvalue weighted by Crippen LogP contribution is -2.43. The fraction of sp³-hybridized carbons (Fsp3) is 0.429. The van der Waals surface area contributed by atoms with Crippen LogP contribution in [0, 0.1) is 11.2 Å². The zero-order valence-electron chi connectivity index (χ0n) is 14.9. The van der Waals surface area contributed by atoms with Gasteiger partial charge in [0.2, 0.25) is 0 Å². The lowest BCUT2D eigenvalue weighted by molar-refractivity contribution is -0.151. The first kappa shape index (κ1) is 17.9. The molecule has 1 fully saturated rings. The molecule has 1 saturated heterocycles. The Balaban J connectivity index is 1.56. The summed E-state index contributed by atoms with van der Waals surface area (Å²) in [7, 11) is 0. The van der Waals surface area contributed by atoms with E-state index in [1.54, 1.807) is 6.07 Å². The third-order valence-electron chi connectivity index (χ3n) is 4.41. The van der Waals surface area contributed by atoms with Gasteiger partial charge in [0.05, 0.1) is 19.8 Å². The van der Waals surface area contributed by atoms with Crippen molar-refractivity contribution in [2.75, 3.05) is 26.6 Å². The van der Waals surface area contributed by atoms with Gasteiger partial charge in [0.15, 0.2) is 18.4 Å². The largest absolute Gasteiger partial charge is 0.464 e. The zero-order valence-corrected chi connectivity index (χ0v) is 14.9. The number of benzene rings is 2. The molecular formula is C21H25FO3. The molecule has 0 aromatic heterocycles. The highest BCUT2D eigenvalue weighted by Gasteiger charge is 2.33. The normalized spacial score (nSPS) is 15.6. The van der Waals surface area contributed by atoms with E-state index in [1.807, 2.05) is 18.2 Å². The molecule has 1 heterocycles. The van der Waals surface area contributed by atoms with Crippen molar-refractivity contribution in [3.63, 3.8) is 0 Å². The molecule has 2 aromatic carbocycles. The third-order valence-corrected chi connectivity index (χ3v) is 4.41. The average molecular weight is 344 g/mol. The highest BCUT2D eigenvalue weighted by molar-refractivity contribution is 5.64. The first-order valence-electron chi connectivity index (χ1n) is 8.77. The van der Waals surface area contributed by atoms with Crippen LogP contribution in [0.4, 0.5) is 4.39 Å². The van der Waals surface area contributed by atoms with Crippen molar-refractivity contribution in [3.8, 4) is 16.9 Å². The molecule has 134 valence electrons. The summed E-state index contributed by atoms with van der Waals surface area (Å²) in [5.41, 5.74) is 3.21. The maximum absolute atomic E-state index is 14.3. The van der Waals surface area contributed by atoms with Crippen LogP contribution in [0.1, 0.15) is 25.8 Å². The number of hydrogen-bond donors (Lipinski definition) is 0. The van der Waals surface area contributed by atoms with Gasteiger partial charge in [-0.2, -0.15) is 0 Å². The minimum Gasteiger partial charge on any atom is -0.464 e. The van der Waals surface area contributed by atoms with Crippen molar-refractivity contribution in [1.82, 2.24) is 0 Å². The number of ether oxygens (including phenoxy) is 3. The minimum atomic E-state index is -0.378. The lowest BCUT2D eigenvalue weighted by atomic mass is 9.90. The average Bonchev–Trinajstić information content (AvgIpc) is 2.59. The number of halogens is 1. The summed E-state index contributed by atoms with van der Waals surface area (Å²) < 4.78 is 30.3. The van der Waals surface area contributed by atoms with E-state index in [0.717, 1.165) is 24.0 Å². The maximum atomic E-state index is 14.3. The summed E-state index contributed by atoms with van der Waals surface area (Å²) in [5, 5.41) is 0. The fourth-order valence-corrected chi connectivity index (χ4v) is 2.88. The van der Waals surface area contributed by atoms with E-state index in [1.165, 1.54) is 11.6 Å². The number of aryl methyl sites for hydroxylation is 1. The standard InChI is InChI=1S/C21H25FO3/c1-3-4-16-5-7-17(8-6-16)18-9-10-20(19(22)11-18)25-15-24-14-21(2)12-23-13-21/h5-11H,3-4,12-15H2,1-2H3. The number of hydrogen-bond acceptors (Lipinski definition) is 3. The molecule has 0 N–H and O–H groups in total. The second kappa shape index (κ2) is 7.98. The topological polar surface area (TPSA) is 27.7 Å². The van der Waals surface area contributed by atoms with Gasteiger partial charge in [-0.25, -0.2) is 4.39 Å². The minimum absolute atomic E-state index is 0.0393. The van der Waals surface area contributed by atoms with E-state index in [-0.39, 0.29) is 23.8 Å². The maximum Gasteiger partial charge on any atom is 0.189 e. The van der Waals surface area contributed by atoms with Gasteiger partial charge in [-0.3, -0.25) is 0 Å². The summed E-state index contributed by atoms with van der Waals surface area (Å²) in [6.45, 7) is 6.25. The van der Waals surface area contributed by atoms with Crippen LogP contribution in [0.5, 0.6) is 5.75 Å². The highest BCUT2D eigenvalue weighted by Crippen LogP contribution is 2.28. The van der Waals surface area contributed by atoms with Crippen LogP contribution in [0.3, 0.4) is 0 Å². The molecule has 0 saturated carbocycles. The molecule has 0 atom stereocenters. The fourth-order valence-electron chi connectivity index (χ4n) is 2.88. The Kier molecular flexibility index (Phi) is 5.71. The summed E-state index contributed by atoms with van der Waals surface area (Å²) in [5.74, 6) is -0.168. The summed E-state index contributed by atoms with van der Waals surface area (Å²) in [6.07, 6.45) is 2.18. The smallest absolute Gasteiger partial charge is 0.189 e. The SMILES string of the molecule is CCCc1ccc(-c2ccc(OCOCC3(C)COC3)c(F)c2)cc1. The molecule has 0 radical (unpaired) electrons. The number of rotatable bonds is 8. The molecule has 4 heteroatoms. The molecule has 0 aliphatic carbocycles. The molecule has 0 unspecified atom stereocenters. The monoisotopic (exact) mass is 344 g/mol. The first-order valence-corrected chi connectivity index (χ1v) is 8.77. The van der Waals surface area contributed by atoms with Crippen LogP contribution in [0.15, 0.2) is 42.5 Å². The quantitative estimate of drug-likeness (QED) is 0.507. The Labute approximate surface area is 148 Å². The summed E-state index contributed by atoms with van der Waals surface area (Å²) in [6, 6.07) is 13.3. The van der Waals surface area contributed by atoms with Gasteiger partial charge in [0, 0.05) is 5.41 Å². The van der Waals surface area contributed by atoms with Gasteiger partial charge >= 0.3 is 0 Å². The van der Waals surface area contributed by atoms with E-state index in [9.17, 15) is 4.39 Å². The molecule has 0 bridgehead atoms. The molecule has 1 aliphatic heterocycles. The molecule has 0 amide bonds. The molecule has 2 aromatic rings. The van der Waals surface area contributed by atoms with Crippen LogP contribution in [0.25, 0.3) is 11.1 Å². The van der Waals surface area contributed by atoms with E-state index in [2.05, 4.69) is 26.0 Å². The third kappa shape index (κ3) is 4.59. The molecular weight excluding hydrogens is 319 g/mol. The summed E-state index contributed by atoms with van der Waals surface area (Å²) in [4.78, 5) is 0. The zero-order chi connectivity index (χ0) is 17.7. The van der Waals surface area contributed by atoms with Crippen LogP contribution in [0.2, 0.25) is 0 Å². The van der Waals surface area contributed by atoms with E-state index in [4.69, 9.17) is 14.2 Å². The van der Waals surface area contributed by atoms with Gasteiger partial charge in [-0.15, -0.1) is 0 Å². The second-order valence-corrected chi connectivity index (χ2v) is 7.01. The van der Waals surface area contributed by atoms with Crippen molar-refractivity contribution in [2.24, 2.45) is 5.41 Å². The van der Waals surface area contributed by atoms with Gasteiger partial charge < -0.3 is 14.2 Å². The van der Waals surface area contributed by atoms with Gasteiger partial charge in [0.1, 0.15) is 0 Å².